The Kier molecular flexibility index (Phi) is 3.99. The van der Waals surface area contributed by atoms with Gasteiger partial charge in [-0.1, -0.05) is 18.2 Å². The largest absolute Gasteiger partial charge is 0.478 e. The number of carboxylic acids is 1. The molecule has 0 fully saturated rings. The molecule has 2 aromatic rings. The van der Waals surface area contributed by atoms with Gasteiger partial charge in [-0.3, -0.25) is 0 Å². The number of primary amides is 1. The topological polar surface area (TPSA) is 115 Å². The number of hydrogen-bond acceptors (Lipinski definition) is 5. The van der Waals surface area contributed by atoms with E-state index in [2.05, 4.69) is 15.0 Å². The van der Waals surface area contributed by atoms with Gasteiger partial charge < -0.3 is 20.9 Å². The van der Waals surface area contributed by atoms with Crippen LogP contribution in [-0.2, 0) is 4.74 Å². The molecular weight excluding hydrogens is 262 g/mol. The fourth-order valence-corrected chi connectivity index (χ4v) is 1.77. The number of fused-ring (bicyclic) bond motifs is 1. The summed E-state index contributed by atoms with van der Waals surface area (Å²) in [7, 11) is 0. The lowest BCUT2D eigenvalue weighted by atomic mass is 10.1. The first-order valence-electron chi connectivity index (χ1n) is 5.87. The summed E-state index contributed by atoms with van der Waals surface area (Å²) < 4.78 is 4.56. The number of aromatic carboxylic acids is 1. The summed E-state index contributed by atoms with van der Waals surface area (Å²) in [5.74, 6) is -0.630. The normalized spacial score (nSPS) is 10.2. The van der Waals surface area contributed by atoms with Crippen LogP contribution in [0.3, 0.4) is 0 Å². The smallest absolute Gasteiger partial charge is 0.404 e. The quantitative estimate of drug-likeness (QED) is 0.711. The third kappa shape index (κ3) is 3.14. The molecule has 1 aromatic carbocycles. The molecule has 0 radical (unpaired) electrons. The molecule has 2 rings (SSSR count). The number of pyridine rings is 1. The molecule has 0 aliphatic carbocycles. The fraction of sp³-hybridized carbons (Fsp3) is 0.154. The van der Waals surface area contributed by atoms with Crippen molar-refractivity contribution in [3.05, 3.63) is 35.9 Å². The zero-order valence-corrected chi connectivity index (χ0v) is 10.5. The number of carbonyl (C=O) groups excluding carboxylic acids is 1. The number of rotatable bonds is 5. The number of aromatic nitrogens is 1. The van der Waals surface area contributed by atoms with Crippen LogP contribution in [-0.4, -0.2) is 35.3 Å². The SMILES string of the molecule is NC(=O)OCCNc1cc(C(=O)O)c2ccccc2n1. The average molecular weight is 275 g/mol. The first-order valence-corrected chi connectivity index (χ1v) is 5.87. The van der Waals surface area contributed by atoms with Gasteiger partial charge in [-0.05, 0) is 12.1 Å². The van der Waals surface area contributed by atoms with Gasteiger partial charge in [0.1, 0.15) is 12.4 Å². The number of benzene rings is 1. The lowest BCUT2D eigenvalue weighted by Gasteiger charge is -2.09. The van der Waals surface area contributed by atoms with Crippen molar-refractivity contribution >= 4 is 28.8 Å². The highest BCUT2D eigenvalue weighted by molar-refractivity contribution is 6.03. The Hall–Kier alpha value is -2.83. The second kappa shape index (κ2) is 5.87. The zero-order valence-electron chi connectivity index (χ0n) is 10.5. The minimum absolute atomic E-state index is 0.0756. The van der Waals surface area contributed by atoms with Crippen molar-refractivity contribution in [3.8, 4) is 0 Å². The Morgan fingerprint density at radius 3 is 2.80 bits per heavy atom. The van der Waals surface area contributed by atoms with Crippen LogP contribution in [0.1, 0.15) is 10.4 Å². The monoisotopic (exact) mass is 275 g/mol. The molecule has 7 heteroatoms. The molecule has 1 aromatic heterocycles. The highest BCUT2D eigenvalue weighted by Crippen LogP contribution is 2.20. The van der Waals surface area contributed by atoms with E-state index in [4.69, 9.17) is 5.73 Å². The van der Waals surface area contributed by atoms with Crippen molar-refractivity contribution in [2.24, 2.45) is 5.73 Å². The molecule has 0 saturated heterocycles. The molecule has 0 aliphatic heterocycles. The zero-order chi connectivity index (χ0) is 14.5. The van der Waals surface area contributed by atoms with E-state index in [0.29, 0.717) is 16.7 Å². The molecule has 1 amide bonds. The van der Waals surface area contributed by atoms with Gasteiger partial charge in [0.2, 0.25) is 0 Å². The second-order valence-electron chi connectivity index (χ2n) is 3.97. The Bertz CT molecular complexity index is 657. The van der Waals surface area contributed by atoms with Crippen LogP contribution in [0.2, 0.25) is 0 Å². The molecule has 0 aliphatic rings. The van der Waals surface area contributed by atoms with E-state index >= 15 is 0 Å². The van der Waals surface area contributed by atoms with Crippen molar-refractivity contribution in [1.29, 1.82) is 0 Å². The summed E-state index contributed by atoms with van der Waals surface area (Å²) in [6.07, 6.45) is -0.857. The van der Waals surface area contributed by atoms with Crippen molar-refractivity contribution in [3.63, 3.8) is 0 Å². The molecule has 0 saturated carbocycles. The molecule has 104 valence electrons. The van der Waals surface area contributed by atoms with Gasteiger partial charge in [0.05, 0.1) is 17.6 Å². The predicted molar refractivity (Wildman–Crippen MR) is 72.7 cm³/mol. The van der Waals surface area contributed by atoms with Gasteiger partial charge in [0.25, 0.3) is 0 Å². The van der Waals surface area contributed by atoms with E-state index in [1.807, 2.05) is 0 Å². The number of ether oxygens (including phenoxy) is 1. The number of nitrogens with two attached hydrogens (primary N) is 1. The van der Waals surface area contributed by atoms with E-state index in [1.165, 1.54) is 6.07 Å². The minimum Gasteiger partial charge on any atom is -0.478 e. The van der Waals surface area contributed by atoms with Gasteiger partial charge in [0, 0.05) is 5.39 Å². The molecule has 7 nitrogen and oxygen atoms in total. The van der Waals surface area contributed by atoms with E-state index in [1.54, 1.807) is 24.3 Å². The van der Waals surface area contributed by atoms with Crippen LogP contribution in [0, 0.1) is 0 Å². The highest BCUT2D eigenvalue weighted by Gasteiger charge is 2.11. The molecule has 0 atom stereocenters. The van der Waals surface area contributed by atoms with Crippen molar-refractivity contribution in [2.75, 3.05) is 18.5 Å². The summed E-state index contributed by atoms with van der Waals surface area (Å²) in [5.41, 5.74) is 5.56. The van der Waals surface area contributed by atoms with Crippen molar-refractivity contribution < 1.29 is 19.4 Å². The molecule has 0 spiro atoms. The number of para-hydroxylation sites is 1. The summed E-state index contributed by atoms with van der Waals surface area (Å²) in [4.78, 5) is 25.9. The standard InChI is InChI=1S/C13H13N3O4/c14-13(19)20-6-5-15-11-7-9(12(17)18)8-3-1-2-4-10(8)16-11/h1-4,7H,5-6H2,(H2,14,19)(H,15,16)(H,17,18). The van der Waals surface area contributed by atoms with Gasteiger partial charge >= 0.3 is 12.1 Å². The second-order valence-corrected chi connectivity index (χ2v) is 3.97. The predicted octanol–water partition coefficient (Wildman–Crippen LogP) is 1.44. The molecule has 4 N–H and O–H groups in total. The van der Waals surface area contributed by atoms with Gasteiger partial charge in [-0.15, -0.1) is 0 Å². The van der Waals surface area contributed by atoms with Crippen LogP contribution in [0.15, 0.2) is 30.3 Å². The number of carboxylic acid groups (broad SMARTS) is 1. The third-order valence-electron chi connectivity index (χ3n) is 2.60. The Balaban J connectivity index is 2.22. The van der Waals surface area contributed by atoms with E-state index in [0.717, 1.165) is 0 Å². The van der Waals surface area contributed by atoms with E-state index in [-0.39, 0.29) is 18.7 Å². The van der Waals surface area contributed by atoms with Crippen molar-refractivity contribution in [2.45, 2.75) is 0 Å². The number of anilines is 1. The number of amides is 1. The summed E-state index contributed by atoms with van der Waals surface area (Å²) >= 11 is 0. The lowest BCUT2D eigenvalue weighted by molar-refractivity contribution is 0.0699. The number of hydrogen-bond donors (Lipinski definition) is 3. The maximum Gasteiger partial charge on any atom is 0.404 e. The molecular formula is C13H13N3O4. The fourth-order valence-electron chi connectivity index (χ4n) is 1.77. The molecule has 1 heterocycles. The average Bonchev–Trinajstić information content (AvgIpc) is 2.42. The highest BCUT2D eigenvalue weighted by atomic mass is 16.5. The van der Waals surface area contributed by atoms with Gasteiger partial charge in [-0.25, -0.2) is 14.6 Å². The van der Waals surface area contributed by atoms with Crippen molar-refractivity contribution in [1.82, 2.24) is 4.98 Å². The Morgan fingerprint density at radius 2 is 2.10 bits per heavy atom. The number of carbonyl (C=O) groups is 2. The van der Waals surface area contributed by atoms with Gasteiger partial charge in [-0.2, -0.15) is 0 Å². The summed E-state index contributed by atoms with van der Waals surface area (Å²) in [5, 5.41) is 12.7. The van der Waals surface area contributed by atoms with Crippen LogP contribution in [0.25, 0.3) is 10.9 Å². The maximum atomic E-state index is 11.2. The Labute approximate surface area is 114 Å². The number of nitrogens with one attached hydrogen (secondary N) is 1. The third-order valence-corrected chi connectivity index (χ3v) is 2.60. The van der Waals surface area contributed by atoms with E-state index < -0.39 is 12.1 Å². The van der Waals surface area contributed by atoms with Crippen LogP contribution >= 0.6 is 0 Å². The van der Waals surface area contributed by atoms with Crippen LogP contribution in [0.5, 0.6) is 0 Å². The first kappa shape index (κ1) is 13.6. The van der Waals surface area contributed by atoms with Gasteiger partial charge in [0.15, 0.2) is 0 Å². The molecule has 0 unspecified atom stereocenters. The van der Waals surface area contributed by atoms with E-state index in [9.17, 15) is 14.7 Å². The van der Waals surface area contributed by atoms with Crippen LogP contribution in [0.4, 0.5) is 10.6 Å². The molecule has 0 bridgehead atoms. The molecule has 20 heavy (non-hydrogen) atoms. The first-order chi connectivity index (χ1) is 9.58. The summed E-state index contributed by atoms with van der Waals surface area (Å²) in [6, 6.07) is 8.40. The Morgan fingerprint density at radius 1 is 1.35 bits per heavy atom. The summed E-state index contributed by atoms with van der Waals surface area (Å²) in [6.45, 7) is 0.361. The number of nitrogens with zero attached hydrogens (tertiary/aromatic N) is 1. The van der Waals surface area contributed by atoms with Crippen LogP contribution < -0.4 is 11.1 Å². The minimum atomic E-state index is -1.03. The maximum absolute atomic E-state index is 11.2. The lowest BCUT2D eigenvalue weighted by Crippen LogP contribution is -2.18.